The number of carbonyl (C=O) groups is 2. The predicted octanol–water partition coefficient (Wildman–Crippen LogP) is 2.76. The van der Waals surface area contributed by atoms with Gasteiger partial charge >= 0.3 is 0 Å². The fraction of sp³-hybridized carbons (Fsp3) is 0.273. The van der Waals surface area contributed by atoms with Crippen LogP contribution in [-0.4, -0.2) is 11.8 Å². The molecule has 0 radical (unpaired) electrons. The number of hydrogen-bond donors (Lipinski definition) is 1. The lowest BCUT2D eigenvalue weighted by molar-refractivity contribution is -0.134. The van der Waals surface area contributed by atoms with E-state index in [1.807, 2.05) is 0 Å². The number of halogens is 3. The van der Waals surface area contributed by atoms with E-state index in [0.717, 1.165) is 0 Å². The maximum Gasteiger partial charge on any atom is 0.234 e. The van der Waals surface area contributed by atoms with E-state index < -0.39 is 17.6 Å². The summed E-state index contributed by atoms with van der Waals surface area (Å²) in [5.41, 5.74) is 0.144. The molecule has 90 valence electrons. The van der Waals surface area contributed by atoms with E-state index in [2.05, 4.69) is 21.2 Å². The fourth-order valence-electron chi connectivity index (χ4n) is 1.83. The molecule has 1 N–H and O–H groups in total. The minimum atomic E-state index is -0.710. The Labute approximate surface area is 110 Å². The summed E-state index contributed by atoms with van der Waals surface area (Å²) in [5.74, 6) is -2.08. The van der Waals surface area contributed by atoms with Crippen LogP contribution in [0, 0.1) is 5.82 Å². The number of imide groups is 1. The minimum absolute atomic E-state index is 0.144. The molecule has 1 heterocycles. The third-order valence-corrected chi connectivity index (χ3v) is 3.96. The average molecular weight is 321 g/mol. The highest BCUT2D eigenvalue weighted by Crippen LogP contribution is 2.36. The van der Waals surface area contributed by atoms with Crippen LogP contribution in [0.5, 0.6) is 0 Å². The van der Waals surface area contributed by atoms with Crippen LogP contribution in [0.25, 0.3) is 0 Å². The van der Waals surface area contributed by atoms with Gasteiger partial charge in [-0.3, -0.25) is 14.9 Å². The van der Waals surface area contributed by atoms with Crippen molar-refractivity contribution in [2.75, 3.05) is 0 Å². The zero-order valence-electron chi connectivity index (χ0n) is 8.60. The predicted molar refractivity (Wildman–Crippen MR) is 64.2 cm³/mol. The van der Waals surface area contributed by atoms with Crippen molar-refractivity contribution in [1.29, 1.82) is 0 Å². The Morgan fingerprint density at radius 2 is 2.12 bits per heavy atom. The summed E-state index contributed by atoms with van der Waals surface area (Å²) in [6.07, 6.45) is 0.469. The van der Waals surface area contributed by atoms with Crippen LogP contribution in [-0.2, 0) is 9.59 Å². The molecule has 2 amide bonds. The monoisotopic (exact) mass is 319 g/mol. The highest BCUT2D eigenvalue weighted by molar-refractivity contribution is 9.10. The Morgan fingerprint density at radius 1 is 1.41 bits per heavy atom. The van der Waals surface area contributed by atoms with Crippen molar-refractivity contribution in [1.82, 2.24) is 5.32 Å². The van der Waals surface area contributed by atoms with E-state index in [1.54, 1.807) is 0 Å². The minimum Gasteiger partial charge on any atom is -0.296 e. The highest BCUT2D eigenvalue weighted by atomic mass is 79.9. The van der Waals surface area contributed by atoms with Gasteiger partial charge in [-0.15, -0.1) is 0 Å². The lowest BCUT2D eigenvalue weighted by Gasteiger charge is -2.22. The molecule has 1 unspecified atom stereocenters. The van der Waals surface area contributed by atoms with Crippen molar-refractivity contribution in [3.8, 4) is 0 Å². The molecule has 1 aromatic rings. The standard InChI is InChI=1S/C11H8BrClFNO2/c12-6-2-3-7(14)9(10(6)13)5-1-4-8(16)15-11(5)17/h2-3,5H,1,4H2,(H,15,16,17). The first-order valence-electron chi connectivity index (χ1n) is 4.98. The van der Waals surface area contributed by atoms with Gasteiger partial charge in [0.1, 0.15) is 5.82 Å². The van der Waals surface area contributed by atoms with Gasteiger partial charge in [-0.1, -0.05) is 11.6 Å². The molecule has 0 aliphatic carbocycles. The largest absolute Gasteiger partial charge is 0.296 e. The van der Waals surface area contributed by atoms with Gasteiger partial charge in [-0.2, -0.15) is 0 Å². The zero-order chi connectivity index (χ0) is 12.6. The number of amides is 2. The number of piperidine rings is 1. The first-order chi connectivity index (χ1) is 8.00. The van der Waals surface area contributed by atoms with Gasteiger partial charge in [0, 0.05) is 16.5 Å². The van der Waals surface area contributed by atoms with Crippen molar-refractivity contribution in [3.63, 3.8) is 0 Å². The van der Waals surface area contributed by atoms with E-state index in [9.17, 15) is 14.0 Å². The van der Waals surface area contributed by atoms with E-state index in [0.29, 0.717) is 4.47 Å². The van der Waals surface area contributed by atoms with Gasteiger partial charge in [0.05, 0.1) is 10.9 Å². The summed E-state index contributed by atoms with van der Waals surface area (Å²) in [6.45, 7) is 0. The molecule has 1 aliphatic heterocycles. The number of benzene rings is 1. The second-order valence-electron chi connectivity index (χ2n) is 3.76. The van der Waals surface area contributed by atoms with Gasteiger partial charge in [0.15, 0.2) is 0 Å². The Morgan fingerprint density at radius 3 is 2.76 bits per heavy atom. The number of rotatable bonds is 1. The Balaban J connectivity index is 2.44. The van der Waals surface area contributed by atoms with Crippen LogP contribution in [0.15, 0.2) is 16.6 Å². The topological polar surface area (TPSA) is 46.2 Å². The summed E-state index contributed by atoms with van der Waals surface area (Å²) < 4.78 is 14.2. The second kappa shape index (κ2) is 4.74. The molecule has 17 heavy (non-hydrogen) atoms. The Bertz CT molecular complexity index is 506. The molecule has 1 saturated heterocycles. The Hall–Kier alpha value is -0.940. The number of nitrogens with one attached hydrogen (secondary N) is 1. The molecule has 0 spiro atoms. The molecule has 0 aromatic heterocycles. The van der Waals surface area contributed by atoms with Crippen molar-refractivity contribution in [2.45, 2.75) is 18.8 Å². The van der Waals surface area contributed by atoms with Crippen molar-refractivity contribution >= 4 is 39.3 Å². The van der Waals surface area contributed by atoms with Crippen LogP contribution in [0.1, 0.15) is 24.3 Å². The van der Waals surface area contributed by atoms with E-state index in [1.165, 1.54) is 12.1 Å². The SMILES string of the molecule is O=C1CCC(c2c(F)ccc(Br)c2Cl)C(=O)N1. The number of hydrogen-bond acceptors (Lipinski definition) is 2. The van der Waals surface area contributed by atoms with E-state index in [-0.39, 0.29) is 29.3 Å². The molecular weight excluding hydrogens is 312 g/mol. The third-order valence-electron chi connectivity index (χ3n) is 2.67. The summed E-state index contributed by atoms with van der Waals surface area (Å²) in [4.78, 5) is 22.7. The van der Waals surface area contributed by atoms with Crippen molar-refractivity contribution < 1.29 is 14.0 Å². The van der Waals surface area contributed by atoms with Crippen LogP contribution >= 0.6 is 27.5 Å². The molecule has 0 saturated carbocycles. The van der Waals surface area contributed by atoms with Gasteiger partial charge in [-0.25, -0.2) is 4.39 Å². The molecule has 1 aliphatic rings. The van der Waals surface area contributed by atoms with Crippen molar-refractivity contribution in [3.05, 3.63) is 33.0 Å². The van der Waals surface area contributed by atoms with E-state index >= 15 is 0 Å². The third kappa shape index (κ3) is 2.35. The van der Waals surface area contributed by atoms with Crippen molar-refractivity contribution in [2.24, 2.45) is 0 Å². The molecule has 3 nitrogen and oxygen atoms in total. The molecule has 1 atom stereocenters. The molecule has 1 fully saturated rings. The van der Waals surface area contributed by atoms with E-state index in [4.69, 9.17) is 11.6 Å². The summed E-state index contributed by atoms with van der Waals surface area (Å²) >= 11 is 9.16. The fourth-order valence-corrected chi connectivity index (χ4v) is 2.46. The first-order valence-corrected chi connectivity index (χ1v) is 6.15. The first kappa shape index (κ1) is 12.5. The Kier molecular flexibility index (Phi) is 3.49. The van der Waals surface area contributed by atoms with Crippen LogP contribution in [0.3, 0.4) is 0 Å². The second-order valence-corrected chi connectivity index (χ2v) is 4.99. The molecule has 0 bridgehead atoms. The van der Waals surface area contributed by atoms with Gasteiger partial charge in [0.25, 0.3) is 0 Å². The quantitative estimate of drug-likeness (QED) is 0.639. The summed E-state index contributed by atoms with van der Waals surface area (Å²) in [5, 5.41) is 2.36. The summed E-state index contributed by atoms with van der Waals surface area (Å²) in [6, 6.07) is 2.72. The molecule has 2 rings (SSSR count). The van der Waals surface area contributed by atoms with Crippen LogP contribution < -0.4 is 5.32 Å². The zero-order valence-corrected chi connectivity index (χ0v) is 10.9. The maximum atomic E-state index is 13.7. The van der Waals surface area contributed by atoms with Gasteiger partial charge in [-0.05, 0) is 34.5 Å². The number of carbonyl (C=O) groups excluding carboxylic acids is 2. The molecule has 1 aromatic carbocycles. The molecule has 6 heteroatoms. The lowest BCUT2D eigenvalue weighted by atomic mass is 9.90. The smallest absolute Gasteiger partial charge is 0.234 e. The highest BCUT2D eigenvalue weighted by Gasteiger charge is 2.32. The maximum absolute atomic E-state index is 13.7. The lowest BCUT2D eigenvalue weighted by Crippen LogP contribution is -2.39. The van der Waals surface area contributed by atoms with Crippen LogP contribution in [0.2, 0.25) is 5.02 Å². The average Bonchev–Trinajstić information content (AvgIpc) is 2.27. The normalized spacial score (nSPS) is 20.3. The summed E-state index contributed by atoms with van der Waals surface area (Å²) in [7, 11) is 0. The van der Waals surface area contributed by atoms with Crippen LogP contribution in [0.4, 0.5) is 4.39 Å². The molecular formula is C11H8BrClFNO2. The van der Waals surface area contributed by atoms with Gasteiger partial charge < -0.3 is 0 Å². The van der Waals surface area contributed by atoms with Gasteiger partial charge in [0.2, 0.25) is 11.8 Å².